The van der Waals surface area contributed by atoms with Crippen molar-refractivity contribution in [2.45, 2.75) is 12.8 Å². The quantitative estimate of drug-likeness (QED) is 0.546. The van der Waals surface area contributed by atoms with Crippen molar-refractivity contribution >= 4 is 23.5 Å². The van der Waals surface area contributed by atoms with E-state index in [1.54, 1.807) is 11.0 Å². The molecule has 0 unspecified atom stereocenters. The van der Waals surface area contributed by atoms with E-state index in [-0.39, 0.29) is 12.5 Å². The standard InChI is InChI=1S/C25H25NO5/c27-24(26-13-11-21(12-14-26)20-5-2-1-3-6-20)18-31-25(28)10-8-19-7-9-22-23(17-19)30-16-4-15-29-22/h1-3,5-11,17H,4,12-16,18H2/b10-8+. The maximum absolute atomic E-state index is 12.4. The van der Waals surface area contributed by atoms with E-state index in [0.29, 0.717) is 37.8 Å². The number of rotatable bonds is 5. The van der Waals surface area contributed by atoms with E-state index in [4.69, 9.17) is 14.2 Å². The van der Waals surface area contributed by atoms with Gasteiger partial charge in [0.15, 0.2) is 18.1 Å². The van der Waals surface area contributed by atoms with Crippen molar-refractivity contribution in [3.05, 3.63) is 71.8 Å². The molecule has 31 heavy (non-hydrogen) atoms. The van der Waals surface area contributed by atoms with Gasteiger partial charge in [-0.25, -0.2) is 4.79 Å². The molecule has 2 heterocycles. The van der Waals surface area contributed by atoms with Crippen molar-refractivity contribution < 1.29 is 23.8 Å². The molecule has 6 nitrogen and oxygen atoms in total. The molecule has 0 bridgehead atoms. The molecule has 0 aromatic heterocycles. The van der Waals surface area contributed by atoms with Crippen LogP contribution in [0, 0.1) is 0 Å². The maximum atomic E-state index is 12.4. The molecule has 0 aliphatic carbocycles. The van der Waals surface area contributed by atoms with E-state index >= 15 is 0 Å². The van der Waals surface area contributed by atoms with E-state index in [2.05, 4.69) is 18.2 Å². The van der Waals surface area contributed by atoms with Crippen molar-refractivity contribution in [1.29, 1.82) is 0 Å². The molecule has 2 aliphatic rings. The van der Waals surface area contributed by atoms with Crippen LogP contribution in [0.25, 0.3) is 11.6 Å². The SMILES string of the molecule is O=C(/C=C/c1ccc2c(c1)OCCCO2)OCC(=O)N1CC=C(c2ccccc2)CC1. The van der Waals surface area contributed by atoms with Crippen LogP contribution in [0.5, 0.6) is 11.5 Å². The van der Waals surface area contributed by atoms with Gasteiger partial charge in [-0.2, -0.15) is 0 Å². The first-order valence-corrected chi connectivity index (χ1v) is 10.5. The highest BCUT2D eigenvalue weighted by Crippen LogP contribution is 2.30. The van der Waals surface area contributed by atoms with Crippen molar-refractivity contribution in [3.63, 3.8) is 0 Å². The summed E-state index contributed by atoms with van der Waals surface area (Å²) in [6.45, 7) is 2.10. The topological polar surface area (TPSA) is 65.1 Å². The zero-order chi connectivity index (χ0) is 21.5. The number of ether oxygens (including phenoxy) is 3. The monoisotopic (exact) mass is 419 g/mol. The van der Waals surface area contributed by atoms with Gasteiger partial charge in [-0.1, -0.05) is 42.5 Å². The van der Waals surface area contributed by atoms with Gasteiger partial charge < -0.3 is 19.1 Å². The highest BCUT2D eigenvalue weighted by molar-refractivity contribution is 5.89. The third-order valence-corrected chi connectivity index (χ3v) is 5.23. The Morgan fingerprint density at radius 1 is 1.03 bits per heavy atom. The highest BCUT2D eigenvalue weighted by atomic mass is 16.5. The molecule has 160 valence electrons. The Labute approximate surface area is 181 Å². The van der Waals surface area contributed by atoms with E-state index in [1.165, 1.54) is 17.2 Å². The Balaban J connectivity index is 1.26. The highest BCUT2D eigenvalue weighted by Gasteiger charge is 2.19. The number of amides is 1. The third kappa shape index (κ3) is 5.54. The molecule has 6 heteroatoms. The molecule has 0 saturated heterocycles. The van der Waals surface area contributed by atoms with Crippen molar-refractivity contribution in [2.24, 2.45) is 0 Å². The molecule has 0 spiro atoms. The smallest absolute Gasteiger partial charge is 0.331 e. The summed E-state index contributed by atoms with van der Waals surface area (Å²) in [5, 5.41) is 0. The first kappa shape index (κ1) is 20.7. The minimum atomic E-state index is -0.557. The van der Waals surface area contributed by atoms with E-state index in [0.717, 1.165) is 18.4 Å². The zero-order valence-corrected chi connectivity index (χ0v) is 17.3. The molecular weight excluding hydrogens is 394 g/mol. The van der Waals surface area contributed by atoms with Gasteiger partial charge in [0.25, 0.3) is 5.91 Å². The lowest BCUT2D eigenvalue weighted by Gasteiger charge is -2.26. The minimum absolute atomic E-state index is 0.194. The Hall–Kier alpha value is -3.54. The minimum Gasteiger partial charge on any atom is -0.490 e. The first-order valence-electron chi connectivity index (χ1n) is 10.5. The van der Waals surface area contributed by atoms with E-state index < -0.39 is 5.97 Å². The summed E-state index contributed by atoms with van der Waals surface area (Å²) >= 11 is 0. The van der Waals surface area contributed by atoms with Crippen molar-refractivity contribution in [1.82, 2.24) is 4.90 Å². The number of carbonyl (C=O) groups excluding carboxylic acids is 2. The van der Waals surface area contributed by atoms with Crippen LogP contribution in [0.15, 0.2) is 60.7 Å². The lowest BCUT2D eigenvalue weighted by molar-refractivity contribution is -0.147. The van der Waals surface area contributed by atoms with Crippen molar-refractivity contribution in [3.8, 4) is 11.5 Å². The predicted molar refractivity (Wildman–Crippen MR) is 118 cm³/mol. The van der Waals surface area contributed by atoms with Gasteiger partial charge in [-0.05, 0) is 41.3 Å². The fourth-order valence-corrected chi connectivity index (χ4v) is 3.53. The summed E-state index contributed by atoms with van der Waals surface area (Å²) < 4.78 is 16.4. The maximum Gasteiger partial charge on any atom is 0.331 e. The number of carbonyl (C=O) groups is 2. The molecule has 2 aliphatic heterocycles. The molecule has 0 atom stereocenters. The Morgan fingerprint density at radius 2 is 1.84 bits per heavy atom. The number of hydrogen-bond donors (Lipinski definition) is 0. The summed E-state index contributed by atoms with van der Waals surface area (Å²) in [4.78, 5) is 26.1. The van der Waals surface area contributed by atoms with Crippen LogP contribution < -0.4 is 9.47 Å². The van der Waals surface area contributed by atoms with Crippen LogP contribution in [0.4, 0.5) is 0 Å². The molecule has 2 aromatic carbocycles. The van der Waals surface area contributed by atoms with Crippen molar-refractivity contribution in [2.75, 3.05) is 32.9 Å². The summed E-state index contributed by atoms with van der Waals surface area (Å²) in [5.41, 5.74) is 3.21. The summed E-state index contributed by atoms with van der Waals surface area (Å²) in [7, 11) is 0. The molecular formula is C25H25NO5. The molecule has 0 radical (unpaired) electrons. The molecule has 0 fully saturated rings. The summed E-state index contributed by atoms with van der Waals surface area (Å²) in [6.07, 6.45) is 6.63. The molecule has 0 N–H and O–H groups in total. The molecule has 1 amide bonds. The van der Waals surface area contributed by atoms with Gasteiger partial charge in [0.1, 0.15) is 0 Å². The van der Waals surface area contributed by atoms with E-state index in [9.17, 15) is 9.59 Å². The second kappa shape index (κ2) is 9.98. The Bertz CT molecular complexity index is 996. The third-order valence-electron chi connectivity index (χ3n) is 5.23. The summed E-state index contributed by atoms with van der Waals surface area (Å²) in [5.74, 6) is 0.615. The largest absolute Gasteiger partial charge is 0.490 e. The van der Waals surface area contributed by atoms with Gasteiger partial charge in [-0.15, -0.1) is 0 Å². The number of fused-ring (bicyclic) bond motifs is 1. The first-order chi connectivity index (χ1) is 15.2. The number of nitrogens with zero attached hydrogens (tertiary/aromatic N) is 1. The van der Waals surface area contributed by atoms with Gasteiger partial charge in [-0.3, -0.25) is 4.79 Å². The average Bonchev–Trinajstić information content (AvgIpc) is 3.07. The van der Waals surface area contributed by atoms with Gasteiger partial charge in [0, 0.05) is 25.6 Å². The lowest BCUT2D eigenvalue weighted by Crippen LogP contribution is -2.37. The van der Waals surface area contributed by atoms with Gasteiger partial charge in [0.2, 0.25) is 0 Å². The fraction of sp³-hybridized carbons (Fsp3) is 0.280. The molecule has 0 saturated carbocycles. The molecule has 2 aromatic rings. The zero-order valence-electron chi connectivity index (χ0n) is 17.3. The Kier molecular flexibility index (Phi) is 6.67. The van der Waals surface area contributed by atoms with Crippen LogP contribution >= 0.6 is 0 Å². The van der Waals surface area contributed by atoms with Gasteiger partial charge in [0.05, 0.1) is 13.2 Å². The fourth-order valence-electron chi connectivity index (χ4n) is 3.53. The number of esters is 1. The average molecular weight is 419 g/mol. The van der Waals surface area contributed by atoms with Crippen LogP contribution in [-0.4, -0.2) is 49.7 Å². The Morgan fingerprint density at radius 3 is 2.61 bits per heavy atom. The number of benzene rings is 2. The van der Waals surface area contributed by atoms with Crippen LogP contribution in [0.1, 0.15) is 24.0 Å². The summed E-state index contributed by atoms with van der Waals surface area (Å²) in [6, 6.07) is 15.6. The van der Waals surface area contributed by atoms with E-state index in [1.807, 2.05) is 36.4 Å². The van der Waals surface area contributed by atoms with Crippen LogP contribution in [-0.2, 0) is 14.3 Å². The van der Waals surface area contributed by atoms with Crippen LogP contribution in [0.2, 0.25) is 0 Å². The number of hydrogen-bond acceptors (Lipinski definition) is 5. The second-order valence-electron chi connectivity index (χ2n) is 7.38. The second-order valence-corrected chi connectivity index (χ2v) is 7.38. The van der Waals surface area contributed by atoms with Crippen LogP contribution in [0.3, 0.4) is 0 Å². The lowest BCUT2D eigenvalue weighted by atomic mass is 10.00. The normalized spacial score (nSPS) is 15.9. The van der Waals surface area contributed by atoms with Gasteiger partial charge >= 0.3 is 5.97 Å². The predicted octanol–water partition coefficient (Wildman–Crippen LogP) is 3.72. The molecule has 4 rings (SSSR count).